The minimum absolute atomic E-state index is 0. The molecule has 0 aliphatic heterocycles. The van der Waals surface area contributed by atoms with Gasteiger partial charge < -0.3 is 19.3 Å². The number of rotatable bonds is 0. The molecule has 0 spiro atoms. The van der Waals surface area contributed by atoms with Gasteiger partial charge in [-0.25, -0.2) is 0 Å². The van der Waals surface area contributed by atoms with E-state index in [-0.39, 0.29) is 116 Å². The Morgan fingerprint density at radius 2 is 1.38 bits per heavy atom. The fourth-order valence-electron chi connectivity index (χ4n) is 0. The summed E-state index contributed by atoms with van der Waals surface area (Å²) in [5, 5.41) is 0. The third kappa shape index (κ3) is 63.9. The molecule has 0 aromatic heterocycles. The zero-order chi connectivity index (χ0) is 3.58. The Kier molecular flexibility index (Phi) is 85.9. The minimum Gasteiger partial charge on any atom is -1.00 e. The molecular formula is H10AlCaKO4Si. The van der Waals surface area contributed by atoms with E-state index < -0.39 is 9.17 Å². The Bertz CT molecular complexity index is 48.3. The quantitative estimate of drug-likeness (QED) is 0.388. The van der Waals surface area contributed by atoms with Crippen LogP contribution in [0.3, 0.4) is 0 Å². The second kappa shape index (κ2) is 22.5. The molecular weight excluding hydrogens is 198 g/mol. The van der Waals surface area contributed by atoms with Crippen molar-refractivity contribution in [1.82, 2.24) is 0 Å². The van der Waals surface area contributed by atoms with E-state index in [0.717, 1.165) is 0 Å². The van der Waals surface area contributed by atoms with Crippen molar-refractivity contribution in [2.24, 2.45) is 0 Å². The third-order valence-corrected chi connectivity index (χ3v) is 0. The summed E-state index contributed by atoms with van der Waals surface area (Å²) < 4.78 is 8.74. The first-order valence-electron chi connectivity index (χ1n) is 0.651. The predicted octanol–water partition coefficient (Wildman–Crippen LogP) is -6.66. The topological polar surface area (TPSA) is 89.0 Å². The van der Waals surface area contributed by atoms with Gasteiger partial charge in [0, 0.05) is 0 Å². The molecule has 0 heterocycles. The molecule has 0 bridgehead atoms. The summed E-state index contributed by atoms with van der Waals surface area (Å²) in [6, 6.07) is 0. The first-order valence-corrected chi connectivity index (χ1v) is 1.95. The van der Waals surface area contributed by atoms with Crippen molar-refractivity contribution in [3.05, 3.63) is 0 Å². The predicted molar refractivity (Wildman–Crippen MR) is 33.5 cm³/mol. The van der Waals surface area contributed by atoms with Crippen LogP contribution in [0, 0.1) is 0 Å². The van der Waals surface area contributed by atoms with E-state index in [1.165, 1.54) is 0 Å². The van der Waals surface area contributed by atoms with E-state index >= 15 is 0 Å². The Morgan fingerprint density at radius 3 is 1.38 bits per heavy atom. The van der Waals surface area contributed by atoms with Crippen LogP contribution in [0.25, 0.3) is 0 Å². The van der Waals surface area contributed by atoms with Gasteiger partial charge in [0.2, 0.25) is 0 Å². The molecule has 0 saturated carbocycles. The molecule has 0 unspecified atom stereocenters. The van der Waals surface area contributed by atoms with Gasteiger partial charge in [-0.15, -0.1) is 0 Å². The Balaban J connectivity index is -0.00000000214. The van der Waals surface area contributed by atoms with E-state index in [2.05, 4.69) is 0 Å². The average molecular weight is 208 g/mol. The fraction of sp³-hybridized carbons (Fsp3) is 0. The van der Waals surface area contributed by atoms with Crippen LogP contribution >= 0.6 is 0 Å². The van der Waals surface area contributed by atoms with E-state index in [9.17, 15) is 0 Å². The molecule has 0 aromatic rings. The fourth-order valence-corrected chi connectivity index (χ4v) is 0. The van der Waals surface area contributed by atoms with Crippen molar-refractivity contribution in [2.45, 2.75) is 0 Å². The van der Waals surface area contributed by atoms with Crippen molar-refractivity contribution in [2.75, 3.05) is 0 Å². The van der Waals surface area contributed by atoms with Gasteiger partial charge in [0.1, 0.15) is 0 Å². The second-order valence-electron chi connectivity index (χ2n) is 0.283. The van der Waals surface area contributed by atoms with E-state index in [1.807, 2.05) is 0 Å². The van der Waals surface area contributed by atoms with Gasteiger partial charge >= 0.3 is 98.3 Å². The smallest absolute Gasteiger partial charge is 1.00 e. The first kappa shape index (κ1) is 30.5. The van der Waals surface area contributed by atoms with Crippen LogP contribution in [0.2, 0.25) is 0 Å². The first-order chi connectivity index (χ1) is 1.73. The number of hydrogen-bond donors (Lipinski definition) is 2. The molecule has 8 heteroatoms. The van der Waals surface area contributed by atoms with Crippen molar-refractivity contribution < 1.29 is 75.2 Å². The standard InChI is InChI=1S/Al.Ca.K.H2O3Si.H2O.6H/c;;;1-4(2)3;;;;;;;/h;;;1-2H;1H2;;;;;;/q;+2;+1;;;;;;3*-1. The van der Waals surface area contributed by atoms with Crippen LogP contribution in [0.4, 0.5) is 0 Å². The van der Waals surface area contributed by atoms with Crippen molar-refractivity contribution in [3.63, 3.8) is 0 Å². The SMILES string of the molecule is O.O=[Si](O)O.[AlH3].[Ca+2].[H-].[H-].[H-].[K+]. The molecule has 0 aromatic carbocycles. The molecule has 0 radical (unpaired) electrons. The maximum absolute atomic E-state index is 8.74. The van der Waals surface area contributed by atoms with Crippen LogP contribution in [0.15, 0.2) is 0 Å². The van der Waals surface area contributed by atoms with E-state index in [1.54, 1.807) is 0 Å². The van der Waals surface area contributed by atoms with Crippen LogP contribution in [0.1, 0.15) is 4.28 Å². The van der Waals surface area contributed by atoms with Crippen molar-refractivity contribution >= 4 is 64.3 Å². The Labute approximate surface area is 136 Å². The van der Waals surface area contributed by atoms with Gasteiger partial charge in [0.05, 0.1) is 0 Å². The molecule has 0 aliphatic rings. The molecule has 4 N–H and O–H groups in total. The zero-order valence-corrected chi connectivity index (χ0v) is 10.3. The summed E-state index contributed by atoms with van der Waals surface area (Å²) in [5.41, 5.74) is 0. The van der Waals surface area contributed by atoms with Gasteiger partial charge in [-0.05, 0) is 0 Å². The van der Waals surface area contributed by atoms with Crippen LogP contribution in [-0.2, 0) is 4.46 Å². The molecule has 4 nitrogen and oxygen atoms in total. The molecule has 0 amide bonds. The summed E-state index contributed by atoms with van der Waals surface area (Å²) in [7, 11) is -3.13. The molecule has 0 rings (SSSR count). The van der Waals surface area contributed by atoms with E-state index in [0.29, 0.717) is 0 Å². The van der Waals surface area contributed by atoms with Crippen LogP contribution in [-0.4, -0.2) is 79.3 Å². The maximum Gasteiger partial charge on any atom is 2.00 e. The van der Waals surface area contributed by atoms with Crippen LogP contribution < -0.4 is 51.4 Å². The summed E-state index contributed by atoms with van der Waals surface area (Å²) in [4.78, 5) is 14.3. The third-order valence-electron chi connectivity index (χ3n) is 0. The summed E-state index contributed by atoms with van der Waals surface area (Å²) >= 11 is 0. The average Bonchev–Trinajstić information content (AvgIpc) is 0.811. The van der Waals surface area contributed by atoms with Gasteiger partial charge in [0.25, 0.3) is 0 Å². The second-order valence-corrected chi connectivity index (χ2v) is 0.848. The van der Waals surface area contributed by atoms with Gasteiger partial charge in [-0.3, -0.25) is 4.46 Å². The molecule has 0 saturated heterocycles. The molecule has 0 aliphatic carbocycles. The normalized spacial score (nSPS) is 3.00. The maximum atomic E-state index is 8.74. The Hall–Kier alpha value is 3.01. The summed E-state index contributed by atoms with van der Waals surface area (Å²) in [6.45, 7) is 0. The van der Waals surface area contributed by atoms with Crippen molar-refractivity contribution in [1.29, 1.82) is 0 Å². The zero-order valence-electron chi connectivity index (χ0n) is 7.01. The monoisotopic (exact) mass is 208 g/mol. The molecule has 44 valence electrons. The van der Waals surface area contributed by atoms with Gasteiger partial charge in [-0.2, -0.15) is 0 Å². The summed E-state index contributed by atoms with van der Waals surface area (Å²) in [5.74, 6) is 0. The number of hydrogen-bond acceptors (Lipinski definition) is 1. The molecule has 0 fully saturated rings. The largest absolute Gasteiger partial charge is 2.00 e. The van der Waals surface area contributed by atoms with E-state index in [4.69, 9.17) is 14.1 Å². The van der Waals surface area contributed by atoms with Gasteiger partial charge in [0.15, 0.2) is 17.4 Å². The van der Waals surface area contributed by atoms with Gasteiger partial charge in [-0.1, -0.05) is 0 Å². The summed E-state index contributed by atoms with van der Waals surface area (Å²) in [6.07, 6.45) is 0. The molecule has 8 heavy (non-hydrogen) atoms. The van der Waals surface area contributed by atoms with Crippen molar-refractivity contribution in [3.8, 4) is 0 Å². The Morgan fingerprint density at radius 1 is 1.38 bits per heavy atom. The van der Waals surface area contributed by atoms with Crippen LogP contribution in [0.5, 0.6) is 0 Å². The molecule has 0 atom stereocenters. The minimum atomic E-state index is -3.13.